The van der Waals surface area contributed by atoms with Crippen LogP contribution in [0.25, 0.3) is 10.6 Å². The molecule has 4 nitrogen and oxygen atoms in total. The van der Waals surface area contributed by atoms with E-state index in [2.05, 4.69) is 10.2 Å². The molecule has 0 atom stereocenters. The maximum absolute atomic E-state index is 10.7. The maximum Gasteiger partial charge on any atom is 0.356 e. The number of nitrogens with zero attached hydrogens (tertiary/aromatic N) is 1. The van der Waals surface area contributed by atoms with Gasteiger partial charge in [0, 0.05) is 5.56 Å². The molecule has 0 unspecified atom stereocenters. The average Bonchev–Trinajstić information content (AvgIpc) is 2.71. The zero-order valence-electron chi connectivity index (χ0n) is 7.44. The average molecular weight is 208 g/mol. The molecule has 0 spiro atoms. The van der Waals surface area contributed by atoms with Gasteiger partial charge in [-0.2, -0.15) is 5.10 Å². The minimum atomic E-state index is -0.999. The third-order valence-electron chi connectivity index (χ3n) is 1.98. The first-order valence-electron chi connectivity index (χ1n) is 4.02. The van der Waals surface area contributed by atoms with E-state index in [0.717, 1.165) is 10.6 Å². The molecule has 5 heteroatoms. The third-order valence-corrected chi connectivity index (χ3v) is 2.87. The highest BCUT2D eigenvalue weighted by molar-refractivity contribution is 7.13. The van der Waals surface area contributed by atoms with Crippen molar-refractivity contribution in [2.45, 2.75) is 6.92 Å². The number of aromatic carboxylic acids is 1. The second-order valence-corrected chi connectivity index (χ2v) is 3.80. The van der Waals surface area contributed by atoms with Crippen LogP contribution in [0, 0.1) is 6.92 Å². The number of aromatic amines is 1. The molecule has 2 rings (SSSR count). The fourth-order valence-corrected chi connectivity index (χ4v) is 2.04. The summed E-state index contributed by atoms with van der Waals surface area (Å²) in [5, 5.41) is 17.2. The Bertz CT molecular complexity index is 459. The van der Waals surface area contributed by atoms with Crippen LogP contribution < -0.4 is 0 Å². The Morgan fingerprint density at radius 3 is 2.93 bits per heavy atom. The van der Waals surface area contributed by atoms with Gasteiger partial charge in [-0.05, 0) is 18.4 Å². The second kappa shape index (κ2) is 3.26. The number of carbonyl (C=O) groups is 1. The first kappa shape index (κ1) is 8.96. The summed E-state index contributed by atoms with van der Waals surface area (Å²) in [5.41, 5.74) is 1.56. The van der Waals surface area contributed by atoms with Crippen molar-refractivity contribution in [2.24, 2.45) is 0 Å². The van der Waals surface area contributed by atoms with Crippen LogP contribution in [0.15, 0.2) is 17.5 Å². The van der Waals surface area contributed by atoms with Gasteiger partial charge < -0.3 is 5.11 Å². The van der Waals surface area contributed by atoms with Crippen LogP contribution in [0.2, 0.25) is 0 Å². The molecule has 2 aromatic rings. The lowest BCUT2D eigenvalue weighted by atomic mass is 10.2. The minimum absolute atomic E-state index is 0.0911. The Hall–Kier alpha value is -1.62. The van der Waals surface area contributed by atoms with Gasteiger partial charge in [-0.15, -0.1) is 11.3 Å². The van der Waals surface area contributed by atoms with Gasteiger partial charge in [0.25, 0.3) is 0 Å². The summed E-state index contributed by atoms with van der Waals surface area (Å²) in [6.45, 7) is 1.75. The van der Waals surface area contributed by atoms with E-state index in [9.17, 15) is 4.79 Å². The number of carboxylic acids is 1. The van der Waals surface area contributed by atoms with Crippen molar-refractivity contribution in [3.8, 4) is 10.6 Å². The molecule has 72 valence electrons. The molecule has 0 aliphatic heterocycles. The van der Waals surface area contributed by atoms with Crippen LogP contribution in [0.3, 0.4) is 0 Å². The van der Waals surface area contributed by atoms with E-state index in [0.29, 0.717) is 5.56 Å². The molecule has 2 heterocycles. The number of nitrogens with one attached hydrogen (secondary N) is 1. The number of hydrogen-bond donors (Lipinski definition) is 2. The van der Waals surface area contributed by atoms with Gasteiger partial charge in [-0.25, -0.2) is 4.79 Å². The van der Waals surface area contributed by atoms with Gasteiger partial charge in [0.05, 0.1) is 10.6 Å². The Labute approximate surface area is 84.2 Å². The summed E-state index contributed by atoms with van der Waals surface area (Å²) in [6, 6.07) is 3.84. The van der Waals surface area contributed by atoms with E-state index in [1.165, 1.54) is 0 Å². The van der Waals surface area contributed by atoms with Gasteiger partial charge in [0.15, 0.2) is 5.69 Å². The van der Waals surface area contributed by atoms with Crippen molar-refractivity contribution in [1.82, 2.24) is 10.2 Å². The third kappa shape index (κ3) is 1.31. The summed E-state index contributed by atoms with van der Waals surface area (Å²) in [6.07, 6.45) is 0. The lowest BCUT2D eigenvalue weighted by Crippen LogP contribution is -1.98. The van der Waals surface area contributed by atoms with Gasteiger partial charge in [-0.3, -0.25) is 5.10 Å². The minimum Gasteiger partial charge on any atom is -0.476 e. The second-order valence-electron chi connectivity index (χ2n) is 2.85. The maximum atomic E-state index is 10.7. The molecule has 0 fully saturated rings. The van der Waals surface area contributed by atoms with E-state index < -0.39 is 5.97 Å². The van der Waals surface area contributed by atoms with Crippen LogP contribution in [0.1, 0.15) is 16.1 Å². The Balaban J connectivity index is 2.52. The molecule has 2 N–H and O–H groups in total. The van der Waals surface area contributed by atoms with Crippen molar-refractivity contribution in [3.05, 3.63) is 28.8 Å². The monoisotopic (exact) mass is 208 g/mol. The summed E-state index contributed by atoms with van der Waals surface area (Å²) >= 11 is 1.55. The van der Waals surface area contributed by atoms with Crippen LogP contribution in [-0.4, -0.2) is 21.3 Å². The molecule has 0 bridgehead atoms. The normalized spacial score (nSPS) is 10.4. The highest BCUT2D eigenvalue weighted by Gasteiger charge is 2.16. The molecule has 0 amide bonds. The quantitative estimate of drug-likeness (QED) is 0.794. The molecule has 0 aliphatic carbocycles. The lowest BCUT2D eigenvalue weighted by Gasteiger charge is -1.93. The van der Waals surface area contributed by atoms with E-state index in [4.69, 9.17) is 5.11 Å². The summed E-state index contributed by atoms with van der Waals surface area (Å²) < 4.78 is 0. The molecular formula is C9H8N2O2S. The number of thiophene rings is 1. The Kier molecular flexibility index (Phi) is 2.09. The van der Waals surface area contributed by atoms with Crippen molar-refractivity contribution >= 4 is 17.3 Å². The van der Waals surface area contributed by atoms with Crippen LogP contribution in [-0.2, 0) is 0 Å². The fourth-order valence-electron chi connectivity index (χ4n) is 1.27. The highest BCUT2D eigenvalue weighted by Crippen LogP contribution is 2.26. The van der Waals surface area contributed by atoms with Crippen LogP contribution >= 0.6 is 11.3 Å². The van der Waals surface area contributed by atoms with Crippen molar-refractivity contribution < 1.29 is 9.90 Å². The Morgan fingerprint density at radius 1 is 1.64 bits per heavy atom. The van der Waals surface area contributed by atoms with Crippen molar-refractivity contribution in [3.63, 3.8) is 0 Å². The molecule has 0 saturated heterocycles. The predicted octanol–water partition coefficient (Wildman–Crippen LogP) is 2.14. The van der Waals surface area contributed by atoms with E-state index in [1.54, 1.807) is 18.3 Å². The summed E-state index contributed by atoms with van der Waals surface area (Å²) in [4.78, 5) is 11.7. The zero-order chi connectivity index (χ0) is 10.1. The van der Waals surface area contributed by atoms with E-state index in [-0.39, 0.29) is 5.69 Å². The van der Waals surface area contributed by atoms with Crippen LogP contribution in [0.5, 0.6) is 0 Å². The number of hydrogen-bond acceptors (Lipinski definition) is 3. The molecule has 0 radical (unpaired) electrons. The van der Waals surface area contributed by atoms with Crippen molar-refractivity contribution in [1.29, 1.82) is 0 Å². The topological polar surface area (TPSA) is 66.0 Å². The Morgan fingerprint density at radius 2 is 2.43 bits per heavy atom. The molecule has 2 aromatic heterocycles. The number of carboxylic acid groups (broad SMARTS) is 1. The van der Waals surface area contributed by atoms with Gasteiger partial charge in [-0.1, -0.05) is 6.07 Å². The zero-order valence-corrected chi connectivity index (χ0v) is 8.26. The largest absolute Gasteiger partial charge is 0.476 e. The molecular weight excluding hydrogens is 200 g/mol. The van der Waals surface area contributed by atoms with Gasteiger partial charge in [0.2, 0.25) is 0 Å². The van der Waals surface area contributed by atoms with E-state index in [1.807, 2.05) is 17.5 Å². The number of aromatic nitrogens is 2. The molecule has 14 heavy (non-hydrogen) atoms. The van der Waals surface area contributed by atoms with Gasteiger partial charge in [0.1, 0.15) is 0 Å². The molecule has 0 saturated carbocycles. The van der Waals surface area contributed by atoms with Gasteiger partial charge >= 0.3 is 5.97 Å². The van der Waals surface area contributed by atoms with Crippen molar-refractivity contribution in [2.75, 3.05) is 0 Å². The standard InChI is InChI=1S/C9H8N2O2S/c1-5-7(6-3-2-4-14-6)10-11-8(5)9(12)13/h2-4H,1H3,(H,10,11)(H,12,13). The molecule has 0 aliphatic rings. The van der Waals surface area contributed by atoms with E-state index >= 15 is 0 Å². The molecule has 0 aromatic carbocycles. The van der Waals surface area contributed by atoms with Crippen LogP contribution in [0.4, 0.5) is 0 Å². The summed E-state index contributed by atoms with van der Waals surface area (Å²) in [7, 11) is 0. The fraction of sp³-hybridized carbons (Fsp3) is 0.111. The number of H-pyrrole nitrogens is 1. The SMILES string of the molecule is Cc1c(C(=O)O)n[nH]c1-c1cccs1. The lowest BCUT2D eigenvalue weighted by molar-refractivity contribution is 0.0689. The highest BCUT2D eigenvalue weighted by atomic mass is 32.1. The first-order valence-corrected chi connectivity index (χ1v) is 4.90. The number of rotatable bonds is 2. The first-order chi connectivity index (χ1) is 6.70. The predicted molar refractivity (Wildman–Crippen MR) is 53.6 cm³/mol. The summed E-state index contributed by atoms with van der Waals surface area (Å²) in [5.74, 6) is -0.999. The smallest absolute Gasteiger partial charge is 0.356 e.